The van der Waals surface area contributed by atoms with Gasteiger partial charge in [0.05, 0.1) is 5.02 Å². The van der Waals surface area contributed by atoms with E-state index in [2.05, 4.69) is 21.2 Å². The van der Waals surface area contributed by atoms with Crippen LogP contribution in [0.25, 0.3) is 0 Å². The fourth-order valence-electron chi connectivity index (χ4n) is 1.27. The highest BCUT2D eigenvalue weighted by atomic mass is 79.9. The molecule has 0 radical (unpaired) electrons. The minimum atomic E-state index is -1.19. The topological polar surface area (TPSA) is 86.6 Å². The van der Waals surface area contributed by atoms with Gasteiger partial charge >= 0.3 is 5.97 Å². The molecule has 0 aliphatic carbocycles. The molecular weight excluding hydrogens is 325 g/mol. The van der Waals surface area contributed by atoms with E-state index in [0.29, 0.717) is 9.50 Å². The van der Waals surface area contributed by atoms with Crippen molar-refractivity contribution in [3.05, 3.63) is 33.3 Å². The zero-order valence-electron chi connectivity index (χ0n) is 9.19. The number of hydrogen-bond acceptors (Lipinski definition) is 3. The molecule has 0 bridgehead atoms. The number of carbonyl (C=O) groups excluding carboxylic acids is 1. The molecule has 7 heteroatoms. The third-order valence-corrected chi connectivity index (χ3v) is 3.44. The van der Waals surface area contributed by atoms with E-state index >= 15 is 0 Å². The molecule has 1 aromatic rings. The van der Waals surface area contributed by atoms with Crippen LogP contribution < -0.4 is 5.32 Å². The number of hydrogen-bond donors (Lipinski definition) is 3. The van der Waals surface area contributed by atoms with Crippen LogP contribution in [0.1, 0.15) is 16.8 Å². The quantitative estimate of drug-likeness (QED) is 0.763. The molecular formula is C11H11BrClNO4. The number of benzene rings is 1. The molecule has 1 rings (SSSR count). The summed E-state index contributed by atoms with van der Waals surface area (Å²) >= 11 is 9.02. The van der Waals surface area contributed by atoms with Gasteiger partial charge in [0.15, 0.2) is 0 Å². The SMILES string of the molecule is O=C(N[C@H](CCO)C(=O)O)c1ccc(Br)c(Cl)c1. The van der Waals surface area contributed by atoms with Crippen molar-refractivity contribution in [1.82, 2.24) is 5.32 Å². The molecule has 0 aliphatic heterocycles. The Bertz CT molecular complexity index is 466. The smallest absolute Gasteiger partial charge is 0.326 e. The Hall–Kier alpha value is -1.11. The Labute approximate surface area is 117 Å². The maximum absolute atomic E-state index is 11.8. The molecule has 0 unspecified atom stereocenters. The third kappa shape index (κ3) is 3.97. The van der Waals surface area contributed by atoms with Crippen molar-refractivity contribution in [2.24, 2.45) is 0 Å². The van der Waals surface area contributed by atoms with Gasteiger partial charge in [0.25, 0.3) is 5.91 Å². The van der Waals surface area contributed by atoms with Gasteiger partial charge in [-0.05, 0) is 34.1 Å². The Balaban J connectivity index is 2.80. The van der Waals surface area contributed by atoms with Crippen LogP contribution in [0.2, 0.25) is 5.02 Å². The molecule has 0 aromatic heterocycles. The van der Waals surface area contributed by atoms with Crippen LogP contribution in [-0.2, 0) is 4.79 Å². The van der Waals surface area contributed by atoms with Crippen LogP contribution in [0.15, 0.2) is 22.7 Å². The molecule has 98 valence electrons. The maximum atomic E-state index is 11.8. The van der Waals surface area contributed by atoms with Gasteiger partial charge < -0.3 is 15.5 Å². The summed E-state index contributed by atoms with van der Waals surface area (Å²) in [6.45, 7) is -0.321. The highest BCUT2D eigenvalue weighted by Crippen LogP contribution is 2.23. The van der Waals surface area contributed by atoms with Gasteiger partial charge in [-0.15, -0.1) is 0 Å². The van der Waals surface area contributed by atoms with Crippen LogP contribution in [0.3, 0.4) is 0 Å². The second-order valence-corrected chi connectivity index (χ2v) is 4.77. The molecule has 0 saturated carbocycles. The fourth-order valence-corrected chi connectivity index (χ4v) is 1.69. The predicted molar refractivity (Wildman–Crippen MR) is 69.7 cm³/mol. The minimum absolute atomic E-state index is 0.0503. The molecule has 1 aromatic carbocycles. The van der Waals surface area contributed by atoms with E-state index in [1.165, 1.54) is 12.1 Å². The van der Waals surface area contributed by atoms with E-state index in [4.69, 9.17) is 21.8 Å². The number of aliphatic hydroxyl groups is 1. The fraction of sp³-hybridized carbons (Fsp3) is 0.273. The van der Waals surface area contributed by atoms with Crippen molar-refractivity contribution in [3.8, 4) is 0 Å². The van der Waals surface area contributed by atoms with Gasteiger partial charge in [-0.25, -0.2) is 4.79 Å². The van der Waals surface area contributed by atoms with Crippen LogP contribution in [0, 0.1) is 0 Å². The molecule has 0 saturated heterocycles. The minimum Gasteiger partial charge on any atom is -0.480 e. The lowest BCUT2D eigenvalue weighted by Gasteiger charge is -2.13. The molecule has 0 heterocycles. The number of aliphatic hydroxyl groups excluding tert-OH is 1. The van der Waals surface area contributed by atoms with E-state index in [0.717, 1.165) is 0 Å². The summed E-state index contributed by atoms with van der Waals surface area (Å²) in [4.78, 5) is 22.6. The Kier molecular flexibility index (Phi) is 5.58. The second kappa shape index (κ2) is 6.72. The second-order valence-electron chi connectivity index (χ2n) is 3.51. The predicted octanol–water partition coefficient (Wildman–Crippen LogP) is 1.67. The van der Waals surface area contributed by atoms with Gasteiger partial charge in [-0.2, -0.15) is 0 Å². The van der Waals surface area contributed by atoms with Gasteiger partial charge in [-0.3, -0.25) is 4.79 Å². The van der Waals surface area contributed by atoms with Gasteiger partial charge in [-0.1, -0.05) is 11.6 Å². The third-order valence-electron chi connectivity index (χ3n) is 2.20. The number of amides is 1. The highest BCUT2D eigenvalue weighted by molar-refractivity contribution is 9.10. The molecule has 1 amide bonds. The Morgan fingerprint density at radius 3 is 2.61 bits per heavy atom. The van der Waals surface area contributed by atoms with Crippen molar-refractivity contribution in [3.63, 3.8) is 0 Å². The summed E-state index contributed by atoms with van der Waals surface area (Å²) < 4.78 is 0.644. The normalized spacial score (nSPS) is 11.9. The van der Waals surface area contributed by atoms with E-state index in [9.17, 15) is 9.59 Å². The highest BCUT2D eigenvalue weighted by Gasteiger charge is 2.20. The molecule has 0 aliphatic rings. The number of rotatable bonds is 5. The first kappa shape index (κ1) is 14.9. The summed E-state index contributed by atoms with van der Waals surface area (Å²) in [6, 6.07) is 3.42. The van der Waals surface area contributed by atoms with E-state index < -0.39 is 17.9 Å². The molecule has 3 N–H and O–H groups in total. The largest absolute Gasteiger partial charge is 0.480 e. The number of carbonyl (C=O) groups is 2. The maximum Gasteiger partial charge on any atom is 0.326 e. The first-order valence-electron chi connectivity index (χ1n) is 5.05. The van der Waals surface area contributed by atoms with E-state index in [-0.39, 0.29) is 18.6 Å². The van der Waals surface area contributed by atoms with Crippen LogP contribution in [0.4, 0.5) is 0 Å². The first-order chi connectivity index (χ1) is 8.45. The number of halogens is 2. The van der Waals surface area contributed by atoms with E-state index in [1.54, 1.807) is 6.07 Å². The van der Waals surface area contributed by atoms with E-state index in [1.807, 2.05) is 0 Å². The van der Waals surface area contributed by atoms with Gasteiger partial charge in [0.2, 0.25) is 0 Å². The molecule has 1 atom stereocenters. The average molecular weight is 337 g/mol. The van der Waals surface area contributed by atoms with Crippen molar-refractivity contribution in [1.29, 1.82) is 0 Å². The van der Waals surface area contributed by atoms with Crippen LogP contribution in [-0.4, -0.2) is 34.7 Å². The lowest BCUT2D eigenvalue weighted by atomic mass is 10.1. The van der Waals surface area contributed by atoms with Crippen molar-refractivity contribution in [2.75, 3.05) is 6.61 Å². The van der Waals surface area contributed by atoms with Gasteiger partial charge in [0.1, 0.15) is 6.04 Å². The Morgan fingerprint density at radius 2 is 2.11 bits per heavy atom. The summed E-state index contributed by atoms with van der Waals surface area (Å²) in [5.74, 6) is -1.74. The zero-order valence-corrected chi connectivity index (χ0v) is 11.5. The lowest BCUT2D eigenvalue weighted by molar-refractivity contribution is -0.139. The van der Waals surface area contributed by atoms with Crippen LogP contribution in [0.5, 0.6) is 0 Å². The average Bonchev–Trinajstić information content (AvgIpc) is 2.31. The standard InChI is InChI=1S/C11H11BrClNO4/c12-7-2-1-6(5-8(7)13)10(16)14-9(3-4-15)11(17)18/h1-2,5,9,15H,3-4H2,(H,14,16)(H,17,18)/t9-/m1/s1. The summed E-state index contributed by atoms with van der Waals surface area (Å²) in [5.41, 5.74) is 0.257. The summed E-state index contributed by atoms with van der Waals surface area (Å²) in [5, 5.41) is 20.2. The van der Waals surface area contributed by atoms with Crippen molar-refractivity contribution < 1.29 is 19.8 Å². The molecule has 0 spiro atoms. The van der Waals surface area contributed by atoms with Crippen molar-refractivity contribution in [2.45, 2.75) is 12.5 Å². The molecule has 5 nitrogen and oxygen atoms in total. The number of carboxylic acids is 1. The Morgan fingerprint density at radius 1 is 1.44 bits per heavy atom. The van der Waals surface area contributed by atoms with Crippen LogP contribution >= 0.6 is 27.5 Å². The van der Waals surface area contributed by atoms with Crippen molar-refractivity contribution >= 4 is 39.4 Å². The number of carboxylic acid groups (broad SMARTS) is 1. The monoisotopic (exact) mass is 335 g/mol. The molecule has 18 heavy (non-hydrogen) atoms. The zero-order chi connectivity index (χ0) is 13.7. The summed E-state index contributed by atoms with van der Waals surface area (Å²) in [7, 11) is 0. The number of nitrogens with one attached hydrogen (secondary N) is 1. The first-order valence-corrected chi connectivity index (χ1v) is 6.22. The number of aliphatic carboxylic acids is 1. The summed E-state index contributed by atoms with van der Waals surface area (Å²) in [6.07, 6.45) is -0.0503. The van der Waals surface area contributed by atoms with Gasteiger partial charge in [0, 0.05) is 23.1 Å². The molecule has 0 fully saturated rings. The lowest BCUT2D eigenvalue weighted by Crippen LogP contribution is -2.41.